The molecule has 29 heavy (non-hydrogen) atoms. The maximum atomic E-state index is 13.8. The Morgan fingerprint density at radius 2 is 1.69 bits per heavy atom. The molecule has 2 atom stereocenters. The number of anilines is 2. The number of aliphatic carboxylic acids is 1. The van der Waals surface area contributed by atoms with Crippen molar-refractivity contribution in [1.82, 2.24) is 0 Å². The van der Waals surface area contributed by atoms with Gasteiger partial charge in [-0.1, -0.05) is 23.3 Å². The summed E-state index contributed by atoms with van der Waals surface area (Å²) < 4.78 is 13.8. The van der Waals surface area contributed by atoms with Crippen molar-refractivity contribution in [2.75, 3.05) is 10.6 Å². The Hall–Kier alpha value is -3.00. The first-order chi connectivity index (χ1) is 13.8. The minimum absolute atomic E-state index is 0.0374. The van der Waals surface area contributed by atoms with Crippen molar-refractivity contribution in [3.63, 3.8) is 0 Å². The first-order valence-electron chi connectivity index (χ1n) is 9.10. The van der Waals surface area contributed by atoms with Crippen molar-refractivity contribution < 1.29 is 23.9 Å². The van der Waals surface area contributed by atoms with Gasteiger partial charge in [0.15, 0.2) is 0 Å². The molecule has 8 heteroatoms. The molecule has 0 bridgehead atoms. The Labute approximate surface area is 171 Å². The molecule has 0 spiro atoms. The van der Waals surface area contributed by atoms with Gasteiger partial charge < -0.3 is 15.7 Å². The SMILES string of the molecule is CC1=C(C)C[C@@H](C(=O)Nc2sccc2C(=O)Nc2ccccc2F)[C@H](C(=O)O)C1. The van der Waals surface area contributed by atoms with Crippen LogP contribution in [0.25, 0.3) is 0 Å². The van der Waals surface area contributed by atoms with Gasteiger partial charge in [0, 0.05) is 0 Å². The second-order valence-electron chi connectivity index (χ2n) is 7.11. The Kier molecular flexibility index (Phi) is 6.12. The molecule has 2 aromatic rings. The van der Waals surface area contributed by atoms with Crippen LogP contribution in [0.3, 0.4) is 0 Å². The second kappa shape index (κ2) is 8.57. The van der Waals surface area contributed by atoms with E-state index in [0.717, 1.165) is 22.5 Å². The summed E-state index contributed by atoms with van der Waals surface area (Å²) in [5.74, 6) is -4.11. The van der Waals surface area contributed by atoms with Gasteiger partial charge in [0.1, 0.15) is 10.8 Å². The monoisotopic (exact) mass is 416 g/mol. The molecule has 1 heterocycles. The number of carboxylic acids is 1. The molecule has 0 radical (unpaired) electrons. The van der Waals surface area contributed by atoms with Crippen LogP contribution in [0.5, 0.6) is 0 Å². The Balaban J connectivity index is 1.77. The number of hydrogen-bond donors (Lipinski definition) is 3. The number of halogens is 1. The van der Waals surface area contributed by atoms with Crippen molar-refractivity contribution in [3.05, 3.63) is 58.2 Å². The third kappa shape index (κ3) is 4.54. The van der Waals surface area contributed by atoms with E-state index in [9.17, 15) is 23.9 Å². The highest BCUT2D eigenvalue weighted by atomic mass is 32.1. The van der Waals surface area contributed by atoms with Gasteiger partial charge in [-0.3, -0.25) is 14.4 Å². The van der Waals surface area contributed by atoms with Crippen LogP contribution in [0.1, 0.15) is 37.0 Å². The molecule has 1 aliphatic carbocycles. The van der Waals surface area contributed by atoms with Crippen LogP contribution in [0.15, 0.2) is 46.9 Å². The molecule has 3 N–H and O–H groups in total. The number of rotatable bonds is 5. The Morgan fingerprint density at radius 3 is 2.34 bits per heavy atom. The van der Waals surface area contributed by atoms with Gasteiger partial charge in [-0.15, -0.1) is 11.3 Å². The van der Waals surface area contributed by atoms with Crippen LogP contribution in [0.2, 0.25) is 0 Å². The van der Waals surface area contributed by atoms with Gasteiger partial charge in [0.05, 0.1) is 23.1 Å². The van der Waals surface area contributed by atoms with Crippen molar-refractivity contribution in [3.8, 4) is 0 Å². The fourth-order valence-electron chi connectivity index (χ4n) is 3.37. The molecule has 1 aliphatic rings. The number of amides is 2. The summed E-state index contributed by atoms with van der Waals surface area (Å²) in [4.78, 5) is 37.0. The van der Waals surface area contributed by atoms with E-state index in [1.807, 2.05) is 13.8 Å². The molecule has 1 aromatic carbocycles. The van der Waals surface area contributed by atoms with Crippen LogP contribution in [-0.2, 0) is 9.59 Å². The molecule has 152 valence electrons. The average Bonchev–Trinajstić information content (AvgIpc) is 3.13. The number of hydrogen-bond acceptors (Lipinski definition) is 4. The number of para-hydroxylation sites is 1. The third-order valence-electron chi connectivity index (χ3n) is 5.19. The lowest BCUT2D eigenvalue weighted by atomic mass is 9.76. The molecule has 3 rings (SSSR count). The zero-order valence-corrected chi connectivity index (χ0v) is 16.8. The normalized spacial score (nSPS) is 19.0. The fourth-order valence-corrected chi connectivity index (χ4v) is 4.16. The van der Waals surface area contributed by atoms with E-state index in [1.165, 1.54) is 24.3 Å². The van der Waals surface area contributed by atoms with E-state index >= 15 is 0 Å². The summed E-state index contributed by atoms with van der Waals surface area (Å²) in [6.07, 6.45) is 0.682. The minimum Gasteiger partial charge on any atom is -0.481 e. The van der Waals surface area contributed by atoms with Crippen LogP contribution in [-0.4, -0.2) is 22.9 Å². The number of carboxylic acid groups (broad SMARTS) is 1. The molecule has 0 saturated carbocycles. The molecule has 0 aliphatic heterocycles. The summed E-state index contributed by atoms with van der Waals surface area (Å²) in [6.45, 7) is 3.77. The van der Waals surface area contributed by atoms with E-state index in [1.54, 1.807) is 11.4 Å². The van der Waals surface area contributed by atoms with Crippen LogP contribution in [0, 0.1) is 17.7 Å². The number of allylic oxidation sites excluding steroid dienone is 2. The molecule has 0 fully saturated rings. The van der Waals surface area contributed by atoms with E-state index in [0.29, 0.717) is 17.8 Å². The highest BCUT2D eigenvalue weighted by Crippen LogP contribution is 2.36. The van der Waals surface area contributed by atoms with Crippen molar-refractivity contribution in [1.29, 1.82) is 0 Å². The molecule has 2 amide bonds. The largest absolute Gasteiger partial charge is 0.481 e. The van der Waals surface area contributed by atoms with E-state index < -0.39 is 35.4 Å². The highest BCUT2D eigenvalue weighted by molar-refractivity contribution is 7.14. The van der Waals surface area contributed by atoms with E-state index in [4.69, 9.17) is 0 Å². The van der Waals surface area contributed by atoms with Gasteiger partial charge in [0.25, 0.3) is 5.91 Å². The van der Waals surface area contributed by atoms with Crippen molar-refractivity contribution >= 4 is 39.8 Å². The molecule has 1 aromatic heterocycles. The molecular formula is C21H21FN2O4S. The van der Waals surface area contributed by atoms with E-state index in [-0.39, 0.29) is 11.3 Å². The first kappa shape index (κ1) is 20.7. The average molecular weight is 416 g/mol. The van der Waals surface area contributed by atoms with Crippen LogP contribution < -0.4 is 10.6 Å². The van der Waals surface area contributed by atoms with Gasteiger partial charge in [-0.2, -0.15) is 0 Å². The number of benzene rings is 1. The minimum atomic E-state index is -1.01. The Morgan fingerprint density at radius 1 is 1.03 bits per heavy atom. The second-order valence-corrected chi connectivity index (χ2v) is 8.02. The summed E-state index contributed by atoms with van der Waals surface area (Å²) in [5, 5.41) is 16.6. The number of thiophene rings is 1. The smallest absolute Gasteiger partial charge is 0.307 e. The van der Waals surface area contributed by atoms with Gasteiger partial charge in [-0.25, -0.2) is 4.39 Å². The molecule has 0 saturated heterocycles. The number of nitrogens with one attached hydrogen (secondary N) is 2. The van der Waals surface area contributed by atoms with Crippen molar-refractivity contribution in [2.45, 2.75) is 26.7 Å². The zero-order valence-electron chi connectivity index (χ0n) is 16.0. The number of carbonyl (C=O) groups is 3. The lowest BCUT2D eigenvalue weighted by Crippen LogP contribution is -2.36. The standard InChI is InChI=1S/C21H21FN2O4S/c1-11-9-14(15(21(27)28)10-12(11)2)19(26)24-20-13(7-8-29-20)18(25)23-17-6-4-3-5-16(17)22/h3-8,14-15H,9-10H2,1-2H3,(H,23,25)(H,24,26)(H,27,28)/t14-,15-/m1/s1. The molecule has 6 nitrogen and oxygen atoms in total. The summed E-state index contributed by atoms with van der Waals surface area (Å²) in [7, 11) is 0. The lowest BCUT2D eigenvalue weighted by Gasteiger charge is -2.29. The quantitative estimate of drug-likeness (QED) is 0.624. The topological polar surface area (TPSA) is 95.5 Å². The predicted molar refractivity (Wildman–Crippen MR) is 110 cm³/mol. The van der Waals surface area contributed by atoms with Gasteiger partial charge in [-0.05, 0) is 50.3 Å². The summed E-state index contributed by atoms with van der Waals surface area (Å²) >= 11 is 1.15. The van der Waals surface area contributed by atoms with Crippen LogP contribution >= 0.6 is 11.3 Å². The van der Waals surface area contributed by atoms with E-state index in [2.05, 4.69) is 10.6 Å². The van der Waals surface area contributed by atoms with Crippen molar-refractivity contribution in [2.24, 2.45) is 11.8 Å². The first-order valence-corrected chi connectivity index (χ1v) is 9.98. The maximum Gasteiger partial charge on any atom is 0.307 e. The van der Waals surface area contributed by atoms with Crippen LogP contribution in [0.4, 0.5) is 15.1 Å². The molecular weight excluding hydrogens is 395 g/mol. The predicted octanol–water partition coefficient (Wildman–Crippen LogP) is 4.53. The Bertz CT molecular complexity index is 998. The lowest BCUT2D eigenvalue weighted by molar-refractivity contribution is -0.146. The van der Waals surface area contributed by atoms with Gasteiger partial charge in [0.2, 0.25) is 5.91 Å². The van der Waals surface area contributed by atoms with Gasteiger partial charge >= 0.3 is 5.97 Å². The number of carbonyl (C=O) groups excluding carboxylic acids is 2. The summed E-state index contributed by atoms with van der Waals surface area (Å²) in [5.41, 5.74) is 2.22. The maximum absolute atomic E-state index is 13.8. The fraction of sp³-hybridized carbons (Fsp3) is 0.286. The third-order valence-corrected chi connectivity index (χ3v) is 6.02. The highest BCUT2D eigenvalue weighted by Gasteiger charge is 2.37. The molecule has 0 unspecified atom stereocenters. The zero-order chi connectivity index (χ0) is 21.1. The summed E-state index contributed by atoms with van der Waals surface area (Å²) in [6, 6.07) is 7.32.